The molecule has 1 aromatic heterocycles. The first kappa shape index (κ1) is 17.6. The number of piperidine rings is 1. The number of carbonyl (C=O) groups is 1. The first-order valence-electron chi connectivity index (χ1n) is 9.38. The second-order valence-corrected chi connectivity index (χ2v) is 8.42. The van der Waals surface area contributed by atoms with Gasteiger partial charge in [-0.1, -0.05) is 24.2 Å². The van der Waals surface area contributed by atoms with Crippen molar-refractivity contribution in [3.05, 3.63) is 23.8 Å². The molecule has 0 atom stereocenters. The Morgan fingerprint density at radius 3 is 2.65 bits per heavy atom. The first-order valence-corrected chi connectivity index (χ1v) is 10.2. The molecule has 1 aliphatic carbocycles. The molecule has 7 heteroatoms. The largest absolute Gasteiger partial charge is 0.353 e. The number of nitrogens with zero attached hydrogens (tertiary/aromatic N) is 2. The maximum absolute atomic E-state index is 13.8. The zero-order chi connectivity index (χ0) is 18.1. The molecule has 140 valence electrons. The van der Waals surface area contributed by atoms with Crippen LogP contribution in [0.15, 0.2) is 12.1 Å². The van der Waals surface area contributed by atoms with Gasteiger partial charge in [0.25, 0.3) is 0 Å². The number of anilines is 1. The molecule has 2 heterocycles. The van der Waals surface area contributed by atoms with Crippen molar-refractivity contribution in [1.29, 1.82) is 0 Å². The Labute approximate surface area is 155 Å². The van der Waals surface area contributed by atoms with E-state index in [4.69, 9.17) is 0 Å². The number of carbonyl (C=O) groups excluding carboxylic acids is 1. The number of amides is 1. The quantitative estimate of drug-likeness (QED) is 0.864. The second kappa shape index (κ2) is 7.47. The SMILES string of the molecule is O=C(CC1CCN(c2nc3c(F)cc(F)cc3s2)CC1)NC1CCCC1. The Hall–Kier alpha value is -1.76. The molecule has 1 saturated carbocycles. The van der Waals surface area contributed by atoms with Gasteiger partial charge in [-0.25, -0.2) is 13.8 Å². The molecule has 26 heavy (non-hydrogen) atoms. The van der Waals surface area contributed by atoms with Crippen molar-refractivity contribution < 1.29 is 13.6 Å². The fraction of sp³-hybridized carbons (Fsp3) is 0.579. The third kappa shape index (κ3) is 3.82. The van der Waals surface area contributed by atoms with Crippen LogP contribution in [0.4, 0.5) is 13.9 Å². The first-order chi connectivity index (χ1) is 12.6. The summed E-state index contributed by atoms with van der Waals surface area (Å²) < 4.78 is 27.7. The third-order valence-corrected chi connectivity index (χ3v) is 6.54. The lowest BCUT2D eigenvalue weighted by Gasteiger charge is -2.31. The van der Waals surface area contributed by atoms with Gasteiger partial charge in [0.2, 0.25) is 5.91 Å². The Balaban J connectivity index is 1.33. The van der Waals surface area contributed by atoms with Crippen molar-refractivity contribution in [3.8, 4) is 0 Å². The highest BCUT2D eigenvalue weighted by Gasteiger charge is 2.25. The van der Waals surface area contributed by atoms with Gasteiger partial charge >= 0.3 is 0 Å². The maximum Gasteiger partial charge on any atom is 0.220 e. The summed E-state index contributed by atoms with van der Waals surface area (Å²) in [5.41, 5.74) is 0.240. The number of halogens is 2. The summed E-state index contributed by atoms with van der Waals surface area (Å²) >= 11 is 1.32. The minimum atomic E-state index is -0.610. The highest BCUT2D eigenvalue weighted by Crippen LogP contribution is 2.33. The molecule has 2 fully saturated rings. The van der Waals surface area contributed by atoms with Crippen molar-refractivity contribution in [2.75, 3.05) is 18.0 Å². The maximum atomic E-state index is 13.8. The number of thiazole rings is 1. The molecule has 0 spiro atoms. The van der Waals surface area contributed by atoms with E-state index in [-0.39, 0.29) is 11.4 Å². The summed E-state index contributed by atoms with van der Waals surface area (Å²) in [7, 11) is 0. The molecule has 2 aromatic rings. The highest BCUT2D eigenvalue weighted by molar-refractivity contribution is 7.22. The minimum Gasteiger partial charge on any atom is -0.353 e. The molecule has 1 aromatic carbocycles. The van der Waals surface area contributed by atoms with Gasteiger partial charge in [-0.05, 0) is 37.7 Å². The van der Waals surface area contributed by atoms with Crippen molar-refractivity contribution in [1.82, 2.24) is 10.3 Å². The number of hydrogen-bond donors (Lipinski definition) is 1. The molecular weight excluding hydrogens is 356 g/mol. The van der Waals surface area contributed by atoms with Gasteiger partial charge in [-0.3, -0.25) is 4.79 Å². The Morgan fingerprint density at radius 2 is 1.92 bits per heavy atom. The van der Waals surface area contributed by atoms with Crippen LogP contribution in [-0.2, 0) is 4.79 Å². The molecule has 1 N–H and O–H groups in total. The summed E-state index contributed by atoms with van der Waals surface area (Å²) in [6, 6.07) is 2.58. The zero-order valence-corrected chi connectivity index (χ0v) is 15.5. The number of nitrogens with one attached hydrogen (secondary N) is 1. The second-order valence-electron chi connectivity index (χ2n) is 7.41. The van der Waals surface area contributed by atoms with Crippen LogP contribution in [0.1, 0.15) is 44.9 Å². The Morgan fingerprint density at radius 1 is 1.19 bits per heavy atom. The molecule has 4 nitrogen and oxygen atoms in total. The van der Waals surface area contributed by atoms with E-state index < -0.39 is 11.6 Å². The molecule has 4 rings (SSSR count). The average molecular weight is 379 g/mol. The van der Waals surface area contributed by atoms with Gasteiger partial charge in [0.1, 0.15) is 11.3 Å². The fourth-order valence-corrected chi connectivity index (χ4v) is 5.08. The predicted octanol–water partition coefficient (Wildman–Crippen LogP) is 4.24. The normalized spacial score (nSPS) is 19.4. The number of fused-ring (bicyclic) bond motifs is 1. The molecule has 1 saturated heterocycles. The number of hydrogen-bond acceptors (Lipinski definition) is 4. The standard InChI is InChI=1S/C19H23F2N3OS/c20-13-10-15(21)18-16(11-13)26-19(23-18)24-7-5-12(6-8-24)9-17(25)22-14-3-1-2-4-14/h10-12,14H,1-9H2,(H,22,25). The number of aromatic nitrogens is 1. The van der Waals surface area contributed by atoms with E-state index in [1.165, 1.54) is 30.2 Å². The van der Waals surface area contributed by atoms with E-state index >= 15 is 0 Å². The van der Waals surface area contributed by atoms with Crippen LogP contribution >= 0.6 is 11.3 Å². The van der Waals surface area contributed by atoms with Crippen LogP contribution in [0.2, 0.25) is 0 Å². The lowest BCUT2D eigenvalue weighted by Crippen LogP contribution is -2.38. The Kier molecular flexibility index (Phi) is 5.07. The van der Waals surface area contributed by atoms with Gasteiger partial charge in [-0.15, -0.1) is 0 Å². The summed E-state index contributed by atoms with van der Waals surface area (Å²) in [6.45, 7) is 1.59. The van der Waals surface area contributed by atoms with Crippen LogP contribution in [-0.4, -0.2) is 30.0 Å². The van der Waals surface area contributed by atoms with E-state index in [1.54, 1.807) is 0 Å². The number of benzene rings is 1. The summed E-state index contributed by atoms with van der Waals surface area (Å²) in [4.78, 5) is 18.7. The molecule has 0 unspecified atom stereocenters. The Bertz CT molecular complexity index is 795. The summed E-state index contributed by atoms with van der Waals surface area (Å²) in [5.74, 6) is -0.623. The summed E-state index contributed by atoms with van der Waals surface area (Å²) in [5, 5.41) is 3.89. The average Bonchev–Trinajstić information content (AvgIpc) is 3.25. The van der Waals surface area contributed by atoms with Crippen LogP contribution in [0.3, 0.4) is 0 Å². The van der Waals surface area contributed by atoms with E-state index in [0.717, 1.165) is 50.0 Å². The van der Waals surface area contributed by atoms with E-state index in [0.29, 0.717) is 23.1 Å². The third-order valence-electron chi connectivity index (χ3n) is 5.48. The highest BCUT2D eigenvalue weighted by atomic mass is 32.1. The van der Waals surface area contributed by atoms with Gasteiger partial charge in [0, 0.05) is 31.6 Å². The molecule has 0 bridgehead atoms. The lowest BCUT2D eigenvalue weighted by atomic mass is 9.93. The van der Waals surface area contributed by atoms with Crippen molar-refractivity contribution in [2.45, 2.75) is 51.0 Å². The molecular formula is C19H23F2N3OS. The molecule has 1 amide bonds. The van der Waals surface area contributed by atoms with Crippen LogP contribution in [0, 0.1) is 17.6 Å². The van der Waals surface area contributed by atoms with Gasteiger partial charge in [0.15, 0.2) is 10.9 Å². The van der Waals surface area contributed by atoms with Crippen LogP contribution < -0.4 is 10.2 Å². The monoisotopic (exact) mass is 379 g/mol. The molecule has 2 aliphatic rings. The van der Waals surface area contributed by atoms with Gasteiger partial charge in [-0.2, -0.15) is 0 Å². The van der Waals surface area contributed by atoms with Crippen molar-refractivity contribution in [3.63, 3.8) is 0 Å². The zero-order valence-electron chi connectivity index (χ0n) is 14.6. The topological polar surface area (TPSA) is 45.2 Å². The van der Waals surface area contributed by atoms with Crippen molar-refractivity contribution in [2.24, 2.45) is 5.92 Å². The minimum absolute atomic E-state index is 0.174. The lowest BCUT2D eigenvalue weighted by molar-refractivity contribution is -0.122. The molecule has 0 radical (unpaired) electrons. The van der Waals surface area contributed by atoms with Crippen LogP contribution in [0.25, 0.3) is 10.2 Å². The number of rotatable bonds is 4. The van der Waals surface area contributed by atoms with Gasteiger partial charge < -0.3 is 10.2 Å². The summed E-state index contributed by atoms with van der Waals surface area (Å²) in [6.07, 6.45) is 7.09. The molecule has 1 aliphatic heterocycles. The van der Waals surface area contributed by atoms with E-state index in [9.17, 15) is 13.6 Å². The van der Waals surface area contributed by atoms with Crippen molar-refractivity contribution >= 4 is 32.6 Å². The van der Waals surface area contributed by atoms with E-state index in [1.807, 2.05) is 0 Å². The fourth-order valence-electron chi connectivity index (χ4n) is 4.03. The van der Waals surface area contributed by atoms with Gasteiger partial charge in [0.05, 0.1) is 4.70 Å². The smallest absolute Gasteiger partial charge is 0.220 e. The predicted molar refractivity (Wildman–Crippen MR) is 99.5 cm³/mol. The van der Waals surface area contributed by atoms with E-state index in [2.05, 4.69) is 15.2 Å². The van der Waals surface area contributed by atoms with Crippen LogP contribution in [0.5, 0.6) is 0 Å².